The highest BCUT2D eigenvalue weighted by molar-refractivity contribution is 7.80. The van der Waals surface area contributed by atoms with E-state index < -0.39 is 0 Å². The lowest BCUT2D eigenvalue weighted by atomic mass is 10.4. The van der Waals surface area contributed by atoms with Crippen molar-refractivity contribution in [2.75, 3.05) is 26.3 Å². The third kappa shape index (κ3) is 3.56. The Morgan fingerprint density at radius 3 is 2.69 bits per heavy atom. The third-order valence-corrected chi connectivity index (χ3v) is 1.89. The molecule has 0 spiro atoms. The number of rotatable bonds is 1. The van der Waals surface area contributed by atoms with E-state index >= 15 is 0 Å². The Bertz CT molecular complexity index is 213. The van der Waals surface area contributed by atoms with E-state index in [9.17, 15) is 0 Å². The number of hydrogen-bond donors (Lipinski definition) is 2. The minimum atomic E-state index is 0.188. The number of nitrogens with zero attached hydrogens (tertiary/aromatic N) is 2. The first kappa shape index (κ1) is 10.2. The molecule has 0 saturated carbocycles. The normalized spacial score (nSPS) is 18.5. The molecule has 1 heterocycles. The first-order valence-corrected chi connectivity index (χ1v) is 4.53. The fourth-order valence-corrected chi connectivity index (χ4v) is 1.14. The van der Waals surface area contributed by atoms with Gasteiger partial charge in [0.2, 0.25) is 0 Å². The number of nitrogens with one attached hydrogen (secondary N) is 1. The van der Waals surface area contributed by atoms with Crippen molar-refractivity contribution in [1.29, 1.82) is 0 Å². The Morgan fingerprint density at radius 2 is 2.15 bits per heavy atom. The molecule has 1 aliphatic heterocycles. The Balaban J connectivity index is 2.39. The Morgan fingerprint density at radius 1 is 1.54 bits per heavy atom. The van der Waals surface area contributed by atoms with Gasteiger partial charge >= 0.3 is 0 Å². The van der Waals surface area contributed by atoms with Crippen LogP contribution in [0, 0.1) is 0 Å². The molecule has 1 fully saturated rings. The number of ether oxygens (including phenoxy) is 1. The van der Waals surface area contributed by atoms with E-state index in [1.54, 1.807) is 0 Å². The second-order valence-electron chi connectivity index (χ2n) is 2.73. The van der Waals surface area contributed by atoms with Crippen molar-refractivity contribution >= 4 is 23.2 Å². The standard InChI is InChI=1S/C7H14N4OS/c1-6(9-10-7(8)13)11-2-4-12-5-3-11/h2-5H2,1H3,(H3,8,10,13)/b9-6+. The van der Waals surface area contributed by atoms with Gasteiger partial charge in [0.05, 0.1) is 13.2 Å². The van der Waals surface area contributed by atoms with E-state index in [0.717, 1.165) is 32.1 Å². The molecule has 0 aromatic heterocycles. The van der Waals surface area contributed by atoms with Gasteiger partial charge in [-0.05, 0) is 19.1 Å². The molecule has 0 aromatic rings. The van der Waals surface area contributed by atoms with Gasteiger partial charge in [0.25, 0.3) is 0 Å². The summed E-state index contributed by atoms with van der Waals surface area (Å²) in [4.78, 5) is 2.12. The Labute approximate surface area is 82.9 Å². The summed E-state index contributed by atoms with van der Waals surface area (Å²) in [6.45, 7) is 5.15. The largest absolute Gasteiger partial charge is 0.378 e. The SMILES string of the molecule is C/C(=N\NC(N)=S)N1CCOCC1. The molecule has 0 bridgehead atoms. The lowest BCUT2D eigenvalue weighted by Crippen LogP contribution is -2.40. The second kappa shape index (κ2) is 4.98. The van der Waals surface area contributed by atoms with Gasteiger partial charge in [0.15, 0.2) is 5.11 Å². The molecule has 1 aliphatic rings. The maximum atomic E-state index is 5.24. The van der Waals surface area contributed by atoms with Gasteiger partial charge < -0.3 is 15.4 Å². The van der Waals surface area contributed by atoms with Crippen molar-refractivity contribution in [3.63, 3.8) is 0 Å². The molecule has 0 aromatic carbocycles. The van der Waals surface area contributed by atoms with Crippen LogP contribution in [0.2, 0.25) is 0 Å². The summed E-state index contributed by atoms with van der Waals surface area (Å²) in [6.07, 6.45) is 0. The molecular formula is C7H14N4OS. The highest BCUT2D eigenvalue weighted by Gasteiger charge is 2.10. The topological polar surface area (TPSA) is 62.9 Å². The van der Waals surface area contributed by atoms with Crippen LogP contribution >= 0.6 is 12.2 Å². The maximum Gasteiger partial charge on any atom is 0.184 e. The summed E-state index contributed by atoms with van der Waals surface area (Å²) < 4.78 is 5.21. The lowest BCUT2D eigenvalue weighted by molar-refractivity contribution is 0.0676. The van der Waals surface area contributed by atoms with Crippen LogP contribution in [0.5, 0.6) is 0 Å². The lowest BCUT2D eigenvalue weighted by Gasteiger charge is -2.27. The quantitative estimate of drug-likeness (QED) is 0.259. The Hall–Kier alpha value is -0.880. The average Bonchev–Trinajstić information content (AvgIpc) is 2.15. The summed E-state index contributed by atoms with van der Waals surface area (Å²) in [6, 6.07) is 0. The molecular weight excluding hydrogens is 188 g/mol. The minimum absolute atomic E-state index is 0.188. The molecule has 0 aliphatic carbocycles. The third-order valence-electron chi connectivity index (χ3n) is 1.80. The summed E-state index contributed by atoms with van der Waals surface area (Å²) in [5.74, 6) is 0.885. The average molecular weight is 202 g/mol. The molecule has 3 N–H and O–H groups in total. The second-order valence-corrected chi connectivity index (χ2v) is 3.17. The zero-order chi connectivity index (χ0) is 9.68. The van der Waals surface area contributed by atoms with Crippen molar-refractivity contribution in [3.8, 4) is 0 Å². The van der Waals surface area contributed by atoms with Crippen LogP contribution in [-0.4, -0.2) is 42.2 Å². The van der Waals surface area contributed by atoms with Crippen molar-refractivity contribution in [2.45, 2.75) is 6.92 Å². The van der Waals surface area contributed by atoms with Gasteiger partial charge in [-0.1, -0.05) is 0 Å². The minimum Gasteiger partial charge on any atom is -0.378 e. The first-order valence-electron chi connectivity index (χ1n) is 4.12. The van der Waals surface area contributed by atoms with Crippen molar-refractivity contribution < 1.29 is 4.74 Å². The monoisotopic (exact) mass is 202 g/mol. The number of hydrazone groups is 1. The van der Waals surface area contributed by atoms with Gasteiger partial charge in [0.1, 0.15) is 5.84 Å². The van der Waals surface area contributed by atoms with Crippen molar-refractivity contribution in [1.82, 2.24) is 10.3 Å². The predicted octanol–water partition coefficient (Wildman–Crippen LogP) is -0.515. The van der Waals surface area contributed by atoms with Gasteiger partial charge in [-0.2, -0.15) is 5.10 Å². The van der Waals surface area contributed by atoms with Crippen LogP contribution in [0.25, 0.3) is 0 Å². The summed E-state index contributed by atoms with van der Waals surface area (Å²) >= 11 is 4.63. The first-order chi connectivity index (χ1) is 6.20. The molecule has 1 saturated heterocycles. The highest BCUT2D eigenvalue weighted by Crippen LogP contribution is 1.97. The van der Waals surface area contributed by atoms with Crippen molar-refractivity contribution in [3.05, 3.63) is 0 Å². The molecule has 13 heavy (non-hydrogen) atoms. The molecule has 0 atom stereocenters. The smallest absolute Gasteiger partial charge is 0.184 e. The zero-order valence-electron chi connectivity index (χ0n) is 7.62. The maximum absolute atomic E-state index is 5.24. The van der Waals surface area contributed by atoms with Gasteiger partial charge in [-0.25, -0.2) is 0 Å². The van der Waals surface area contributed by atoms with Crippen LogP contribution in [0.3, 0.4) is 0 Å². The molecule has 6 heteroatoms. The fourth-order valence-electron chi connectivity index (χ4n) is 1.09. The van der Waals surface area contributed by atoms with E-state index in [1.807, 2.05) is 6.92 Å². The number of hydrogen-bond acceptors (Lipinski definition) is 3. The number of amidine groups is 1. The van der Waals surface area contributed by atoms with Crippen LogP contribution < -0.4 is 11.2 Å². The summed E-state index contributed by atoms with van der Waals surface area (Å²) in [7, 11) is 0. The van der Waals surface area contributed by atoms with E-state index in [2.05, 4.69) is 27.6 Å². The van der Waals surface area contributed by atoms with E-state index in [4.69, 9.17) is 10.5 Å². The van der Waals surface area contributed by atoms with Gasteiger partial charge in [-0.3, -0.25) is 5.43 Å². The van der Waals surface area contributed by atoms with E-state index in [0.29, 0.717) is 0 Å². The molecule has 0 amide bonds. The van der Waals surface area contributed by atoms with E-state index in [-0.39, 0.29) is 5.11 Å². The number of morpholine rings is 1. The fraction of sp³-hybridized carbons (Fsp3) is 0.714. The highest BCUT2D eigenvalue weighted by atomic mass is 32.1. The molecule has 5 nitrogen and oxygen atoms in total. The predicted molar refractivity (Wildman–Crippen MR) is 55.4 cm³/mol. The molecule has 0 unspecified atom stereocenters. The number of thiocarbonyl (C=S) groups is 1. The van der Waals surface area contributed by atoms with Crippen LogP contribution in [0.1, 0.15) is 6.92 Å². The summed E-state index contributed by atoms with van der Waals surface area (Å²) in [5.41, 5.74) is 7.80. The Kier molecular flexibility index (Phi) is 3.91. The summed E-state index contributed by atoms with van der Waals surface area (Å²) in [5, 5.41) is 4.21. The molecule has 74 valence electrons. The molecule has 0 radical (unpaired) electrons. The zero-order valence-corrected chi connectivity index (χ0v) is 8.43. The van der Waals surface area contributed by atoms with Crippen LogP contribution in [0.4, 0.5) is 0 Å². The van der Waals surface area contributed by atoms with Crippen molar-refractivity contribution in [2.24, 2.45) is 10.8 Å². The van der Waals surface area contributed by atoms with Crippen LogP contribution in [0.15, 0.2) is 5.10 Å². The van der Waals surface area contributed by atoms with Gasteiger partial charge in [-0.15, -0.1) is 0 Å². The van der Waals surface area contributed by atoms with E-state index in [1.165, 1.54) is 0 Å². The van der Waals surface area contributed by atoms with Crippen LogP contribution in [-0.2, 0) is 4.74 Å². The molecule has 1 rings (SSSR count). The number of nitrogens with two attached hydrogens (primary N) is 1. The van der Waals surface area contributed by atoms with Gasteiger partial charge in [0, 0.05) is 13.1 Å².